The minimum Gasteiger partial charge on any atom is -0.478 e. The second kappa shape index (κ2) is 13.0. The van der Waals surface area contributed by atoms with Crippen LogP contribution >= 0.6 is 0 Å². The molecule has 0 aromatic rings. The lowest BCUT2D eigenvalue weighted by Crippen LogP contribution is -2.12. The second-order valence-corrected chi connectivity index (χ2v) is 7.55. The van der Waals surface area contributed by atoms with E-state index in [0.29, 0.717) is 24.7 Å². The number of hydrogen-bond donors (Lipinski definition) is 2. The van der Waals surface area contributed by atoms with Crippen LogP contribution in [0.4, 0.5) is 0 Å². The predicted octanol–water partition coefficient (Wildman–Crippen LogP) is 5.67. The first-order valence-electron chi connectivity index (χ1n) is 9.44. The Morgan fingerprint density at radius 3 is 1.21 bits per heavy atom. The minimum atomic E-state index is -1.07. The van der Waals surface area contributed by atoms with E-state index in [4.69, 9.17) is 0 Å². The topological polar surface area (TPSA) is 74.6 Å². The van der Waals surface area contributed by atoms with Crippen LogP contribution in [0.5, 0.6) is 0 Å². The zero-order chi connectivity index (χ0) is 18.5. The molecule has 0 spiro atoms. The number of carbonyl (C=O) groups is 2. The van der Waals surface area contributed by atoms with Crippen LogP contribution in [0.3, 0.4) is 0 Å². The first-order valence-corrected chi connectivity index (χ1v) is 9.44. The van der Waals surface area contributed by atoms with Crippen molar-refractivity contribution in [2.24, 2.45) is 11.8 Å². The number of carboxylic acids is 2. The van der Waals surface area contributed by atoms with Gasteiger partial charge in [0.25, 0.3) is 0 Å². The van der Waals surface area contributed by atoms with Gasteiger partial charge in [-0.15, -0.1) is 0 Å². The Labute approximate surface area is 147 Å². The molecule has 2 N–H and O–H groups in total. The normalized spacial score (nSPS) is 12.6. The fourth-order valence-corrected chi connectivity index (χ4v) is 2.84. The molecule has 0 radical (unpaired) electrons. The van der Waals surface area contributed by atoms with E-state index in [1.165, 1.54) is 0 Å². The standard InChI is InChI=1S/C20H36O4/c1-15(2)11-7-5-9-13-17(19(21)22)18(20(23)24)14-10-6-8-12-16(3)4/h15-16H,5-14H2,1-4H3,(H,21,22)(H,23,24). The molecule has 0 aromatic carbocycles. The van der Waals surface area contributed by atoms with Crippen molar-refractivity contribution in [1.29, 1.82) is 0 Å². The van der Waals surface area contributed by atoms with Crippen LogP contribution in [-0.4, -0.2) is 22.2 Å². The van der Waals surface area contributed by atoms with Crippen LogP contribution in [0.2, 0.25) is 0 Å². The molecule has 4 nitrogen and oxygen atoms in total. The van der Waals surface area contributed by atoms with E-state index in [1.807, 2.05) is 0 Å². The van der Waals surface area contributed by atoms with Crippen molar-refractivity contribution >= 4 is 11.9 Å². The van der Waals surface area contributed by atoms with Gasteiger partial charge in [-0.1, -0.05) is 66.2 Å². The maximum atomic E-state index is 11.5. The number of rotatable bonds is 14. The summed E-state index contributed by atoms with van der Waals surface area (Å²) in [4.78, 5) is 22.9. The summed E-state index contributed by atoms with van der Waals surface area (Å²) in [5.74, 6) is -0.836. The predicted molar refractivity (Wildman–Crippen MR) is 98.1 cm³/mol. The molecule has 0 aromatic heterocycles. The van der Waals surface area contributed by atoms with Crippen molar-refractivity contribution in [2.45, 2.75) is 91.9 Å². The summed E-state index contributed by atoms with van der Waals surface area (Å²) in [6, 6.07) is 0. The molecular formula is C20H36O4. The summed E-state index contributed by atoms with van der Waals surface area (Å²) in [6.45, 7) is 8.68. The molecular weight excluding hydrogens is 304 g/mol. The molecule has 0 rings (SSSR count). The smallest absolute Gasteiger partial charge is 0.332 e. The quantitative estimate of drug-likeness (QED) is 0.316. The average Bonchev–Trinajstić information content (AvgIpc) is 2.46. The third-order valence-corrected chi connectivity index (χ3v) is 4.30. The zero-order valence-electron chi connectivity index (χ0n) is 15.9. The SMILES string of the molecule is CC(C)CCCCCC(C(=O)O)=C(CCCCCC(C)C)C(=O)O. The lowest BCUT2D eigenvalue weighted by atomic mass is 9.95. The van der Waals surface area contributed by atoms with Gasteiger partial charge >= 0.3 is 11.9 Å². The number of carboxylic acid groups (broad SMARTS) is 2. The molecule has 0 unspecified atom stereocenters. The molecule has 0 saturated heterocycles. The third kappa shape index (κ3) is 11.3. The van der Waals surface area contributed by atoms with E-state index in [0.717, 1.165) is 51.4 Å². The molecule has 0 bridgehead atoms. The molecule has 0 heterocycles. The Bertz CT molecular complexity index is 370. The van der Waals surface area contributed by atoms with Gasteiger partial charge in [-0.05, 0) is 37.5 Å². The Morgan fingerprint density at radius 2 is 0.958 bits per heavy atom. The first-order chi connectivity index (χ1) is 11.3. The largest absolute Gasteiger partial charge is 0.478 e. The zero-order valence-corrected chi connectivity index (χ0v) is 15.9. The number of aliphatic carboxylic acids is 2. The third-order valence-electron chi connectivity index (χ3n) is 4.30. The lowest BCUT2D eigenvalue weighted by molar-refractivity contribution is -0.136. The Balaban J connectivity index is 4.55. The van der Waals surface area contributed by atoms with Crippen molar-refractivity contribution in [1.82, 2.24) is 0 Å². The van der Waals surface area contributed by atoms with Crippen molar-refractivity contribution < 1.29 is 19.8 Å². The lowest BCUT2D eigenvalue weighted by Gasteiger charge is -2.10. The van der Waals surface area contributed by atoms with Gasteiger partial charge in [0.2, 0.25) is 0 Å². The van der Waals surface area contributed by atoms with Crippen molar-refractivity contribution in [3.63, 3.8) is 0 Å². The Kier molecular flexibility index (Phi) is 12.3. The molecule has 140 valence electrons. The van der Waals surface area contributed by atoms with Crippen molar-refractivity contribution in [3.05, 3.63) is 11.1 Å². The van der Waals surface area contributed by atoms with Crippen LogP contribution < -0.4 is 0 Å². The average molecular weight is 341 g/mol. The number of hydrogen-bond acceptors (Lipinski definition) is 2. The van der Waals surface area contributed by atoms with Crippen LogP contribution in [0.25, 0.3) is 0 Å². The molecule has 0 saturated carbocycles. The van der Waals surface area contributed by atoms with Crippen LogP contribution in [-0.2, 0) is 9.59 Å². The summed E-state index contributed by atoms with van der Waals surface area (Å²) in [5, 5.41) is 18.8. The van der Waals surface area contributed by atoms with Gasteiger partial charge < -0.3 is 10.2 Å². The summed E-state index contributed by atoms with van der Waals surface area (Å²) in [6.07, 6.45) is 8.54. The maximum absolute atomic E-state index is 11.5. The van der Waals surface area contributed by atoms with E-state index < -0.39 is 11.9 Å². The molecule has 0 aliphatic rings. The van der Waals surface area contributed by atoms with Gasteiger partial charge in [0.05, 0.1) is 0 Å². The van der Waals surface area contributed by atoms with Gasteiger partial charge in [-0.2, -0.15) is 0 Å². The van der Waals surface area contributed by atoms with Crippen molar-refractivity contribution in [2.75, 3.05) is 0 Å². The first kappa shape index (κ1) is 22.7. The fourth-order valence-electron chi connectivity index (χ4n) is 2.84. The van der Waals surface area contributed by atoms with Crippen LogP contribution in [0.15, 0.2) is 11.1 Å². The van der Waals surface area contributed by atoms with Crippen molar-refractivity contribution in [3.8, 4) is 0 Å². The maximum Gasteiger partial charge on any atom is 0.332 e. The van der Waals surface area contributed by atoms with Gasteiger partial charge in [-0.25, -0.2) is 9.59 Å². The van der Waals surface area contributed by atoms with E-state index >= 15 is 0 Å². The number of unbranched alkanes of at least 4 members (excludes halogenated alkanes) is 4. The summed E-state index contributed by atoms with van der Waals surface area (Å²) in [7, 11) is 0. The highest BCUT2D eigenvalue weighted by Gasteiger charge is 2.19. The molecule has 0 fully saturated rings. The van der Waals surface area contributed by atoms with E-state index in [2.05, 4.69) is 27.7 Å². The summed E-state index contributed by atoms with van der Waals surface area (Å²) in [5.41, 5.74) is 0.215. The van der Waals surface area contributed by atoms with Gasteiger partial charge in [0.1, 0.15) is 0 Å². The fraction of sp³-hybridized carbons (Fsp3) is 0.800. The molecule has 0 amide bonds. The van der Waals surface area contributed by atoms with Crippen LogP contribution in [0, 0.1) is 11.8 Å². The minimum absolute atomic E-state index is 0.107. The summed E-state index contributed by atoms with van der Waals surface area (Å²) < 4.78 is 0. The molecule has 0 aliphatic carbocycles. The van der Waals surface area contributed by atoms with Gasteiger partial charge in [0.15, 0.2) is 0 Å². The van der Waals surface area contributed by atoms with Gasteiger partial charge in [0, 0.05) is 11.1 Å². The second-order valence-electron chi connectivity index (χ2n) is 7.55. The molecule has 0 atom stereocenters. The highest BCUT2D eigenvalue weighted by molar-refractivity contribution is 5.98. The highest BCUT2D eigenvalue weighted by atomic mass is 16.4. The Morgan fingerprint density at radius 1 is 0.625 bits per heavy atom. The van der Waals surface area contributed by atoms with E-state index in [9.17, 15) is 19.8 Å². The van der Waals surface area contributed by atoms with Gasteiger partial charge in [-0.3, -0.25) is 0 Å². The molecule has 0 aliphatic heterocycles. The van der Waals surface area contributed by atoms with E-state index in [-0.39, 0.29) is 11.1 Å². The van der Waals surface area contributed by atoms with Crippen LogP contribution in [0.1, 0.15) is 91.9 Å². The monoisotopic (exact) mass is 340 g/mol. The Hall–Kier alpha value is -1.32. The molecule has 4 heteroatoms. The summed E-state index contributed by atoms with van der Waals surface area (Å²) >= 11 is 0. The van der Waals surface area contributed by atoms with E-state index in [1.54, 1.807) is 0 Å². The highest BCUT2D eigenvalue weighted by Crippen LogP contribution is 2.21. The molecule has 24 heavy (non-hydrogen) atoms.